The van der Waals surface area contributed by atoms with Crippen LogP contribution in [0.3, 0.4) is 0 Å². The molecule has 0 aromatic carbocycles. The van der Waals surface area contributed by atoms with E-state index in [0.29, 0.717) is 0 Å². The average molecular weight is 312 g/mol. The second-order valence-electron chi connectivity index (χ2n) is 5.30. The first-order valence-electron chi connectivity index (χ1n) is 6.68. The van der Waals surface area contributed by atoms with Crippen molar-refractivity contribution in [1.29, 1.82) is 0 Å². The van der Waals surface area contributed by atoms with Gasteiger partial charge >= 0.3 is 0 Å². The van der Waals surface area contributed by atoms with Gasteiger partial charge in [-0.3, -0.25) is 4.90 Å². The van der Waals surface area contributed by atoms with Gasteiger partial charge in [0.25, 0.3) is 0 Å². The van der Waals surface area contributed by atoms with Gasteiger partial charge in [0.15, 0.2) is 0 Å². The number of pyridine rings is 1. The summed E-state index contributed by atoms with van der Waals surface area (Å²) < 4.78 is 0. The fraction of sp³-hybridized carbons (Fsp3) is 0.643. The lowest BCUT2D eigenvalue weighted by Crippen LogP contribution is -2.47. The zero-order valence-electron chi connectivity index (χ0n) is 11.3. The van der Waals surface area contributed by atoms with E-state index in [-0.39, 0.29) is 0 Å². The molecule has 2 heterocycles. The standard InChI is InChI=1S/C14H22BrN3/c1-12(2)11-17-6-8-18(9-7-17)14-13(10-15)4-3-5-16-14/h3-5,12H,6-11H2,1-2H3. The molecule has 1 aromatic rings. The van der Waals surface area contributed by atoms with E-state index in [9.17, 15) is 0 Å². The van der Waals surface area contributed by atoms with Gasteiger partial charge in [-0.2, -0.15) is 0 Å². The Hall–Kier alpha value is -0.610. The van der Waals surface area contributed by atoms with Crippen molar-refractivity contribution >= 4 is 21.7 Å². The second kappa shape index (κ2) is 6.53. The molecule has 1 aromatic heterocycles. The molecule has 1 saturated heterocycles. The number of rotatable bonds is 4. The van der Waals surface area contributed by atoms with Crippen molar-refractivity contribution in [2.45, 2.75) is 19.2 Å². The molecular weight excluding hydrogens is 290 g/mol. The average Bonchev–Trinajstić information content (AvgIpc) is 2.39. The number of hydrogen-bond acceptors (Lipinski definition) is 3. The normalized spacial score (nSPS) is 17.4. The summed E-state index contributed by atoms with van der Waals surface area (Å²) in [7, 11) is 0. The first kappa shape index (κ1) is 13.8. The van der Waals surface area contributed by atoms with Gasteiger partial charge in [-0.25, -0.2) is 4.98 Å². The van der Waals surface area contributed by atoms with Crippen LogP contribution in [0.2, 0.25) is 0 Å². The van der Waals surface area contributed by atoms with Crippen molar-refractivity contribution < 1.29 is 0 Å². The number of piperazine rings is 1. The van der Waals surface area contributed by atoms with Crippen LogP contribution in [0, 0.1) is 5.92 Å². The Morgan fingerprint density at radius 1 is 1.28 bits per heavy atom. The Kier molecular flexibility index (Phi) is 5.01. The minimum Gasteiger partial charge on any atom is -0.354 e. The van der Waals surface area contributed by atoms with E-state index in [1.165, 1.54) is 12.1 Å². The summed E-state index contributed by atoms with van der Waals surface area (Å²) >= 11 is 3.54. The van der Waals surface area contributed by atoms with Gasteiger partial charge in [0.1, 0.15) is 5.82 Å². The van der Waals surface area contributed by atoms with E-state index >= 15 is 0 Å². The molecule has 0 amide bonds. The fourth-order valence-electron chi connectivity index (χ4n) is 2.48. The topological polar surface area (TPSA) is 19.4 Å². The van der Waals surface area contributed by atoms with Crippen molar-refractivity contribution in [1.82, 2.24) is 9.88 Å². The maximum atomic E-state index is 4.54. The zero-order chi connectivity index (χ0) is 13.0. The Labute approximate surface area is 118 Å². The van der Waals surface area contributed by atoms with Crippen LogP contribution < -0.4 is 4.90 Å². The molecular formula is C14H22BrN3. The summed E-state index contributed by atoms with van der Waals surface area (Å²) in [6.45, 7) is 10.3. The number of aromatic nitrogens is 1. The van der Waals surface area contributed by atoms with E-state index in [2.05, 4.69) is 50.6 Å². The van der Waals surface area contributed by atoms with Gasteiger partial charge in [0.05, 0.1) is 0 Å². The third-order valence-electron chi connectivity index (χ3n) is 3.31. The highest BCUT2D eigenvalue weighted by atomic mass is 79.9. The van der Waals surface area contributed by atoms with E-state index in [0.717, 1.165) is 43.2 Å². The van der Waals surface area contributed by atoms with Gasteiger partial charge in [0, 0.05) is 49.8 Å². The van der Waals surface area contributed by atoms with Crippen LogP contribution in [0.1, 0.15) is 19.4 Å². The van der Waals surface area contributed by atoms with Crippen molar-refractivity contribution in [2.75, 3.05) is 37.6 Å². The van der Waals surface area contributed by atoms with Gasteiger partial charge in [-0.1, -0.05) is 35.8 Å². The molecule has 3 nitrogen and oxygen atoms in total. The SMILES string of the molecule is CC(C)CN1CCN(c2ncccc2CBr)CC1. The smallest absolute Gasteiger partial charge is 0.132 e. The number of alkyl halides is 1. The zero-order valence-corrected chi connectivity index (χ0v) is 12.9. The van der Waals surface area contributed by atoms with E-state index in [1.54, 1.807) is 0 Å². The molecule has 4 heteroatoms. The Morgan fingerprint density at radius 2 is 2.00 bits per heavy atom. The molecule has 0 unspecified atom stereocenters. The monoisotopic (exact) mass is 311 g/mol. The molecule has 0 bridgehead atoms. The largest absolute Gasteiger partial charge is 0.354 e. The van der Waals surface area contributed by atoms with Gasteiger partial charge in [-0.05, 0) is 12.0 Å². The Morgan fingerprint density at radius 3 is 2.61 bits per heavy atom. The lowest BCUT2D eigenvalue weighted by atomic mass is 10.2. The summed E-state index contributed by atoms with van der Waals surface area (Å²) in [5, 5.41) is 0.877. The molecule has 100 valence electrons. The summed E-state index contributed by atoms with van der Waals surface area (Å²) in [5.41, 5.74) is 1.29. The van der Waals surface area contributed by atoms with Crippen molar-refractivity contribution in [3.8, 4) is 0 Å². The number of anilines is 1. The first-order chi connectivity index (χ1) is 8.70. The minimum absolute atomic E-state index is 0.754. The number of hydrogen-bond donors (Lipinski definition) is 0. The highest BCUT2D eigenvalue weighted by Crippen LogP contribution is 2.21. The summed E-state index contributed by atoms with van der Waals surface area (Å²) in [6.07, 6.45) is 1.89. The van der Waals surface area contributed by atoms with Crippen LogP contribution in [-0.4, -0.2) is 42.6 Å². The van der Waals surface area contributed by atoms with Crippen LogP contribution in [0.4, 0.5) is 5.82 Å². The van der Waals surface area contributed by atoms with Crippen molar-refractivity contribution in [3.05, 3.63) is 23.9 Å². The highest BCUT2D eigenvalue weighted by Gasteiger charge is 2.19. The van der Waals surface area contributed by atoms with Gasteiger partial charge in [-0.15, -0.1) is 0 Å². The van der Waals surface area contributed by atoms with Gasteiger partial charge < -0.3 is 4.90 Å². The van der Waals surface area contributed by atoms with Crippen LogP contribution in [0.5, 0.6) is 0 Å². The molecule has 0 spiro atoms. The lowest BCUT2D eigenvalue weighted by Gasteiger charge is -2.36. The summed E-state index contributed by atoms with van der Waals surface area (Å²) in [6, 6.07) is 4.16. The van der Waals surface area contributed by atoms with Gasteiger partial charge in [0.2, 0.25) is 0 Å². The molecule has 0 saturated carbocycles. The first-order valence-corrected chi connectivity index (χ1v) is 7.80. The van der Waals surface area contributed by atoms with Crippen LogP contribution in [0.25, 0.3) is 0 Å². The predicted octanol–water partition coefficient (Wildman–Crippen LogP) is 2.75. The second-order valence-corrected chi connectivity index (χ2v) is 5.86. The lowest BCUT2D eigenvalue weighted by molar-refractivity contribution is 0.231. The Bertz CT molecular complexity index is 373. The molecule has 1 aliphatic heterocycles. The third kappa shape index (κ3) is 3.45. The van der Waals surface area contributed by atoms with E-state index < -0.39 is 0 Å². The molecule has 1 fully saturated rings. The van der Waals surface area contributed by atoms with Crippen LogP contribution >= 0.6 is 15.9 Å². The summed E-state index contributed by atoms with van der Waals surface area (Å²) in [5.74, 6) is 1.91. The highest BCUT2D eigenvalue weighted by molar-refractivity contribution is 9.08. The summed E-state index contributed by atoms with van der Waals surface area (Å²) in [4.78, 5) is 9.50. The number of halogens is 1. The third-order valence-corrected chi connectivity index (χ3v) is 3.91. The quantitative estimate of drug-likeness (QED) is 0.797. The molecule has 0 aliphatic carbocycles. The molecule has 18 heavy (non-hydrogen) atoms. The molecule has 0 atom stereocenters. The van der Waals surface area contributed by atoms with E-state index in [1.807, 2.05) is 12.3 Å². The van der Waals surface area contributed by atoms with Crippen molar-refractivity contribution in [2.24, 2.45) is 5.92 Å². The molecule has 0 radical (unpaired) electrons. The van der Waals surface area contributed by atoms with Crippen LogP contribution in [-0.2, 0) is 5.33 Å². The van der Waals surface area contributed by atoms with Crippen LogP contribution in [0.15, 0.2) is 18.3 Å². The van der Waals surface area contributed by atoms with Crippen molar-refractivity contribution in [3.63, 3.8) is 0 Å². The fourth-order valence-corrected chi connectivity index (χ4v) is 2.92. The number of nitrogens with zero attached hydrogens (tertiary/aromatic N) is 3. The maximum absolute atomic E-state index is 4.54. The molecule has 1 aliphatic rings. The predicted molar refractivity (Wildman–Crippen MR) is 80.4 cm³/mol. The Balaban J connectivity index is 1.97. The van der Waals surface area contributed by atoms with E-state index in [4.69, 9.17) is 0 Å². The molecule has 0 N–H and O–H groups in total. The maximum Gasteiger partial charge on any atom is 0.132 e. The molecule has 2 rings (SSSR count). The minimum atomic E-state index is 0.754.